The van der Waals surface area contributed by atoms with Crippen LogP contribution in [-0.4, -0.2) is 29.4 Å². The van der Waals surface area contributed by atoms with E-state index in [1.54, 1.807) is 31.4 Å². The molecular formula is C16H21N3O3. The molecule has 0 spiro atoms. The summed E-state index contributed by atoms with van der Waals surface area (Å²) in [5.74, 6) is 0.733. The number of methoxy groups -OCH3 is 1. The van der Waals surface area contributed by atoms with Crippen molar-refractivity contribution in [3.8, 4) is 5.75 Å². The van der Waals surface area contributed by atoms with Gasteiger partial charge in [0.15, 0.2) is 0 Å². The van der Waals surface area contributed by atoms with E-state index in [0.29, 0.717) is 18.7 Å². The highest BCUT2D eigenvalue weighted by atomic mass is 16.5. The predicted molar refractivity (Wildman–Crippen MR) is 85.0 cm³/mol. The SMILES string of the molecule is COc1ccc(NC(=O)NCCC(O)c2cccn2C)cc1. The molecule has 1 aromatic carbocycles. The van der Waals surface area contributed by atoms with E-state index in [4.69, 9.17) is 4.74 Å². The number of urea groups is 1. The van der Waals surface area contributed by atoms with E-state index in [1.165, 1.54) is 0 Å². The first-order chi connectivity index (χ1) is 10.6. The molecule has 0 aliphatic heterocycles. The quantitative estimate of drug-likeness (QED) is 0.766. The minimum atomic E-state index is -0.596. The third-order valence-electron chi connectivity index (χ3n) is 3.38. The number of nitrogens with one attached hydrogen (secondary N) is 2. The highest BCUT2D eigenvalue weighted by Crippen LogP contribution is 2.16. The number of rotatable bonds is 6. The molecule has 1 heterocycles. The number of carbonyl (C=O) groups excluding carboxylic acids is 1. The Kier molecular flexibility index (Phi) is 5.43. The van der Waals surface area contributed by atoms with Gasteiger partial charge in [-0.25, -0.2) is 4.79 Å². The van der Waals surface area contributed by atoms with Gasteiger partial charge < -0.3 is 25.0 Å². The van der Waals surface area contributed by atoms with Crippen molar-refractivity contribution in [1.29, 1.82) is 0 Å². The first kappa shape index (κ1) is 15.9. The number of carbonyl (C=O) groups is 1. The van der Waals surface area contributed by atoms with Crippen LogP contribution in [0.2, 0.25) is 0 Å². The third kappa shape index (κ3) is 4.26. The van der Waals surface area contributed by atoms with Gasteiger partial charge in [-0.3, -0.25) is 0 Å². The molecule has 0 aliphatic carbocycles. The minimum absolute atomic E-state index is 0.302. The van der Waals surface area contributed by atoms with Crippen LogP contribution in [0.5, 0.6) is 5.75 Å². The standard InChI is InChI=1S/C16H21N3O3/c1-19-11-3-4-14(19)15(20)9-10-17-16(21)18-12-5-7-13(22-2)8-6-12/h3-8,11,15,20H,9-10H2,1-2H3,(H2,17,18,21). The molecule has 0 radical (unpaired) electrons. The fourth-order valence-corrected chi connectivity index (χ4v) is 2.14. The average Bonchev–Trinajstić information content (AvgIpc) is 2.94. The topological polar surface area (TPSA) is 75.5 Å². The van der Waals surface area contributed by atoms with Crippen LogP contribution in [0.4, 0.5) is 10.5 Å². The number of aliphatic hydroxyl groups is 1. The molecule has 0 saturated carbocycles. The first-order valence-electron chi connectivity index (χ1n) is 7.08. The van der Waals surface area contributed by atoms with Crippen molar-refractivity contribution in [3.63, 3.8) is 0 Å². The fourth-order valence-electron chi connectivity index (χ4n) is 2.14. The monoisotopic (exact) mass is 303 g/mol. The summed E-state index contributed by atoms with van der Waals surface area (Å²) >= 11 is 0. The summed E-state index contributed by atoms with van der Waals surface area (Å²) in [6, 6.07) is 10.5. The molecule has 6 heteroatoms. The van der Waals surface area contributed by atoms with Gasteiger partial charge >= 0.3 is 6.03 Å². The second-order valence-electron chi connectivity index (χ2n) is 4.96. The first-order valence-corrected chi connectivity index (χ1v) is 7.08. The number of ether oxygens (including phenoxy) is 1. The van der Waals surface area contributed by atoms with Gasteiger partial charge in [0.25, 0.3) is 0 Å². The van der Waals surface area contributed by atoms with Gasteiger partial charge in [-0.05, 0) is 42.8 Å². The zero-order valence-corrected chi connectivity index (χ0v) is 12.7. The Hall–Kier alpha value is -2.47. The Morgan fingerprint density at radius 2 is 2.05 bits per heavy atom. The Labute approximate surface area is 129 Å². The van der Waals surface area contributed by atoms with Gasteiger partial charge in [-0.15, -0.1) is 0 Å². The van der Waals surface area contributed by atoms with Crippen LogP contribution in [0, 0.1) is 0 Å². The lowest BCUT2D eigenvalue weighted by atomic mass is 10.2. The summed E-state index contributed by atoms with van der Waals surface area (Å²) in [6.07, 6.45) is 1.73. The average molecular weight is 303 g/mol. The number of nitrogens with zero attached hydrogens (tertiary/aromatic N) is 1. The van der Waals surface area contributed by atoms with E-state index in [9.17, 15) is 9.90 Å². The lowest BCUT2D eigenvalue weighted by Crippen LogP contribution is -2.30. The van der Waals surface area contributed by atoms with Crippen LogP contribution < -0.4 is 15.4 Å². The molecule has 22 heavy (non-hydrogen) atoms. The van der Waals surface area contributed by atoms with E-state index >= 15 is 0 Å². The Morgan fingerprint density at radius 3 is 2.64 bits per heavy atom. The zero-order valence-electron chi connectivity index (χ0n) is 12.7. The highest BCUT2D eigenvalue weighted by molar-refractivity contribution is 5.89. The molecule has 2 rings (SSSR count). The number of aliphatic hydroxyl groups excluding tert-OH is 1. The van der Waals surface area contributed by atoms with Crippen molar-refractivity contribution >= 4 is 11.7 Å². The van der Waals surface area contributed by atoms with Crippen LogP contribution in [0.15, 0.2) is 42.6 Å². The van der Waals surface area contributed by atoms with Crippen LogP contribution in [0.1, 0.15) is 18.2 Å². The number of anilines is 1. The van der Waals surface area contributed by atoms with Crippen LogP contribution in [-0.2, 0) is 7.05 Å². The normalized spacial score (nSPS) is 11.8. The molecule has 0 aliphatic rings. The molecule has 1 unspecified atom stereocenters. The van der Waals surface area contributed by atoms with E-state index in [2.05, 4.69) is 10.6 Å². The molecule has 1 aromatic heterocycles. The molecular weight excluding hydrogens is 282 g/mol. The maximum atomic E-state index is 11.8. The van der Waals surface area contributed by atoms with E-state index < -0.39 is 6.10 Å². The number of amides is 2. The number of aryl methyl sites for hydroxylation is 1. The van der Waals surface area contributed by atoms with Gasteiger partial charge in [0.1, 0.15) is 5.75 Å². The van der Waals surface area contributed by atoms with Crippen LogP contribution >= 0.6 is 0 Å². The molecule has 118 valence electrons. The van der Waals surface area contributed by atoms with Gasteiger partial charge in [0, 0.05) is 31.2 Å². The molecule has 0 saturated heterocycles. The fraction of sp³-hybridized carbons (Fsp3) is 0.312. The van der Waals surface area contributed by atoms with E-state index in [0.717, 1.165) is 11.4 Å². The summed E-state index contributed by atoms with van der Waals surface area (Å²) in [5, 5.41) is 15.5. The maximum Gasteiger partial charge on any atom is 0.319 e. The maximum absolute atomic E-state index is 11.8. The van der Waals surface area contributed by atoms with Gasteiger partial charge in [-0.1, -0.05) is 0 Å². The van der Waals surface area contributed by atoms with Gasteiger partial charge in [0.05, 0.1) is 13.2 Å². The number of hydrogen-bond donors (Lipinski definition) is 3. The predicted octanol–water partition coefficient (Wildman–Crippen LogP) is 2.28. The van der Waals surface area contributed by atoms with Crippen LogP contribution in [0.3, 0.4) is 0 Å². The van der Waals surface area contributed by atoms with Crippen molar-refractivity contribution in [3.05, 3.63) is 48.3 Å². The number of benzene rings is 1. The van der Waals surface area contributed by atoms with Crippen LogP contribution in [0.25, 0.3) is 0 Å². The summed E-state index contributed by atoms with van der Waals surface area (Å²) < 4.78 is 6.92. The second kappa shape index (κ2) is 7.51. The second-order valence-corrected chi connectivity index (χ2v) is 4.96. The molecule has 3 N–H and O–H groups in total. The number of aromatic nitrogens is 1. The van der Waals surface area contributed by atoms with Gasteiger partial charge in [-0.2, -0.15) is 0 Å². The lowest BCUT2D eigenvalue weighted by molar-refractivity contribution is 0.159. The van der Waals surface area contributed by atoms with Crippen molar-refractivity contribution in [2.45, 2.75) is 12.5 Å². The minimum Gasteiger partial charge on any atom is -0.497 e. The Bertz CT molecular complexity index is 607. The lowest BCUT2D eigenvalue weighted by Gasteiger charge is -2.13. The smallest absolute Gasteiger partial charge is 0.319 e. The van der Waals surface area contributed by atoms with Crippen molar-refractivity contribution in [1.82, 2.24) is 9.88 Å². The highest BCUT2D eigenvalue weighted by Gasteiger charge is 2.10. The molecule has 0 bridgehead atoms. The molecule has 2 amide bonds. The van der Waals surface area contributed by atoms with E-state index in [-0.39, 0.29) is 6.03 Å². The van der Waals surface area contributed by atoms with E-state index in [1.807, 2.05) is 29.9 Å². The molecule has 2 aromatic rings. The largest absolute Gasteiger partial charge is 0.497 e. The van der Waals surface area contributed by atoms with Crippen molar-refractivity contribution in [2.75, 3.05) is 19.0 Å². The van der Waals surface area contributed by atoms with Crippen molar-refractivity contribution in [2.24, 2.45) is 7.05 Å². The van der Waals surface area contributed by atoms with Crippen molar-refractivity contribution < 1.29 is 14.6 Å². The van der Waals surface area contributed by atoms with Gasteiger partial charge in [0.2, 0.25) is 0 Å². The Balaban J connectivity index is 1.74. The number of hydrogen-bond acceptors (Lipinski definition) is 3. The third-order valence-corrected chi connectivity index (χ3v) is 3.38. The molecule has 0 fully saturated rings. The summed E-state index contributed by atoms with van der Waals surface area (Å²) in [6.45, 7) is 0.383. The summed E-state index contributed by atoms with van der Waals surface area (Å²) in [4.78, 5) is 11.8. The molecule has 6 nitrogen and oxygen atoms in total. The molecule has 1 atom stereocenters. The zero-order chi connectivity index (χ0) is 15.9. The summed E-state index contributed by atoms with van der Waals surface area (Å²) in [7, 11) is 3.47. The Morgan fingerprint density at radius 1 is 1.32 bits per heavy atom. The summed E-state index contributed by atoms with van der Waals surface area (Å²) in [5.41, 5.74) is 1.51.